The average molecular weight is 365 g/mol. The summed E-state index contributed by atoms with van der Waals surface area (Å²) in [6, 6.07) is 9.59. The predicted octanol–water partition coefficient (Wildman–Crippen LogP) is 3.51. The first kappa shape index (κ1) is 18.0. The number of halogens is 3. The topological polar surface area (TPSA) is 45.7 Å². The summed E-state index contributed by atoms with van der Waals surface area (Å²) in [6.45, 7) is 4.19. The van der Waals surface area contributed by atoms with Gasteiger partial charge in [-0.2, -0.15) is 0 Å². The van der Waals surface area contributed by atoms with E-state index >= 15 is 0 Å². The van der Waals surface area contributed by atoms with E-state index in [-0.39, 0.29) is 11.8 Å². The number of piperazine rings is 1. The van der Waals surface area contributed by atoms with Gasteiger partial charge in [0.05, 0.1) is 0 Å². The molecule has 0 amide bonds. The van der Waals surface area contributed by atoms with Crippen molar-refractivity contribution in [2.24, 2.45) is 0 Å². The molecule has 0 spiro atoms. The number of hydrogen-bond acceptors (Lipinski definition) is 5. The van der Waals surface area contributed by atoms with Crippen LogP contribution in [0.1, 0.15) is 17.3 Å². The van der Waals surface area contributed by atoms with E-state index in [0.717, 1.165) is 24.3 Å². The summed E-state index contributed by atoms with van der Waals surface area (Å²) < 4.78 is 40.6. The smallest absolute Gasteiger partial charge is 0.406 e. The van der Waals surface area contributed by atoms with Crippen LogP contribution in [0, 0.1) is 0 Å². The van der Waals surface area contributed by atoms with Crippen molar-refractivity contribution in [3.63, 3.8) is 0 Å². The normalized spacial score (nSPS) is 17.9. The van der Waals surface area contributed by atoms with E-state index in [1.54, 1.807) is 24.4 Å². The molecule has 1 aromatic carbocycles. The number of ether oxygens (including phenoxy) is 1. The highest BCUT2D eigenvalue weighted by atomic mass is 19.4. The minimum absolute atomic E-state index is 0.144. The molecule has 0 aliphatic carbocycles. The van der Waals surface area contributed by atoms with Gasteiger partial charge in [0, 0.05) is 43.1 Å². The van der Waals surface area contributed by atoms with Crippen LogP contribution in [0.5, 0.6) is 5.75 Å². The Morgan fingerprint density at radius 2 is 1.88 bits per heavy atom. The molecule has 8 heteroatoms. The van der Waals surface area contributed by atoms with Gasteiger partial charge in [0.15, 0.2) is 6.29 Å². The minimum Gasteiger partial charge on any atom is -0.406 e. The number of anilines is 2. The number of hydrogen-bond donors (Lipinski definition) is 0. The molecule has 1 atom stereocenters. The van der Waals surface area contributed by atoms with E-state index in [4.69, 9.17) is 0 Å². The second-order valence-corrected chi connectivity index (χ2v) is 6.10. The number of alkyl halides is 3. The molecule has 1 fully saturated rings. The molecule has 1 unspecified atom stereocenters. The Morgan fingerprint density at radius 3 is 2.42 bits per heavy atom. The van der Waals surface area contributed by atoms with Crippen molar-refractivity contribution < 1.29 is 22.7 Å². The summed E-state index contributed by atoms with van der Waals surface area (Å²) in [5.74, 6) is 0.572. The van der Waals surface area contributed by atoms with Crippen molar-refractivity contribution in [1.29, 1.82) is 0 Å². The van der Waals surface area contributed by atoms with Crippen molar-refractivity contribution >= 4 is 17.8 Å². The van der Waals surface area contributed by atoms with Crippen LogP contribution >= 0.6 is 0 Å². The Bertz CT molecular complexity index is 748. The third-order valence-corrected chi connectivity index (χ3v) is 4.26. The summed E-state index contributed by atoms with van der Waals surface area (Å²) in [7, 11) is 0. The van der Waals surface area contributed by atoms with E-state index in [0.29, 0.717) is 18.7 Å². The molecule has 0 saturated carbocycles. The molecule has 0 N–H and O–H groups in total. The van der Waals surface area contributed by atoms with Gasteiger partial charge < -0.3 is 14.5 Å². The molecule has 0 bridgehead atoms. The van der Waals surface area contributed by atoms with Gasteiger partial charge in [-0.15, -0.1) is 13.2 Å². The summed E-state index contributed by atoms with van der Waals surface area (Å²) in [5.41, 5.74) is 1.37. The Hall–Kier alpha value is -2.77. The highest BCUT2D eigenvalue weighted by Gasteiger charge is 2.31. The zero-order valence-corrected chi connectivity index (χ0v) is 14.1. The van der Waals surface area contributed by atoms with Gasteiger partial charge >= 0.3 is 6.36 Å². The van der Waals surface area contributed by atoms with Gasteiger partial charge in [0.2, 0.25) is 0 Å². The van der Waals surface area contributed by atoms with Gasteiger partial charge in [-0.25, -0.2) is 4.98 Å². The van der Waals surface area contributed by atoms with Crippen LogP contribution in [0.2, 0.25) is 0 Å². The quantitative estimate of drug-likeness (QED) is 0.776. The molecule has 1 aliphatic rings. The third-order valence-electron chi connectivity index (χ3n) is 4.26. The van der Waals surface area contributed by atoms with Crippen LogP contribution in [0.3, 0.4) is 0 Å². The standard InChI is InChI=1S/C18H18F3N3O2/c1-13-11-23(17-7-2-14(12-25)10-22-17)8-9-24(13)15-3-5-16(6-4-15)26-18(19,20)21/h2-7,10,12-13H,8-9,11H2,1H3. The van der Waals surface area contributed by atoms with Crippen LogP contribution in [-0.2, 0) is 0 Å². The van der Waals surface area contributed by atoms with Crippen molar-refractivity contribution in [3.05, 3.63) is 48.2 Å². The van der Waals surface area contributed by atoms with E-state index < -0.39 is 6.36 Å². The summed E-state index contributed by atoms with van der Waals surface area (Å²) >= 11 is 0. The maximum atomic E-state index is 12.2. The van der Waals surface area contributed by atoms with Gasteiger partial charge in [-0.3, -0.25) is 4.79 Å². The molecule has 0 radical (unpaired) electrons. The van der Waals surface area contributed by atoms with Gasteiger partial charge in [-0.1, -0.05) is 0 Å². The number of nitrogens with zero attached hydrogens (tertiary/aromatic N) is 3. The number of pyridine rings is 1. The van der Waals surface area contributed by atoms with Crippen LogP contribution in [0.25, 0.3) is 0 Å². The highest BCUT2D eigenvalue weighted by molar-refractivity contribution is 5.74. The first-order chi connectivity index (χ1) is 12.4. The summed E-state index contributed by atoms with van der Waals surface area (Å²) in [5, 5.41) is 0. The second-order valence-electron chi connectivity index (χ2n) is 6.10. The Morgan fingerprint density at radius 1 is 1.15 bits per heavy atom. The number of carbonyl (C=O) groups excluding carboxylic acids is 1. The lowest BCUT2D eigenvalue weighted by Gasteiger charge is -2.41. The van der Waals surface area contributed by atoms with Gasteiger partial charge in [-0.05, 0) is 43.3 Å². The molecule has 138 valence electrons. The van der Waals surface area contributed by atoms with E-state index in [2.05, 4.69) is 19.5 Å². The van der Waals surface area contributed by atoms with Gasteiger partial charge in [0.1, 0.15) is 11.6 Å². The molecule has 26 heavy (non-hydrogen) atoms. The number of rotatable bonds is 4. The molecular formula is C18H18F3N3O2. The third kappa shape index (κ3) is 4.25. The molecule has 5 nitrogen and oxygen atoms in total. The lowest BCUT2D eigenvalue weighted by molar-refractivity contribution is -0.274. The molecule has 2 heterocycles. The monoisotopic (exact) mass is 365 g/mol. The second kappa shape index (κ2) is 7.23. The lowest BCUT2D eigenvalue weighted by Crippen LogP contribution is -2.52. The number of aromatic nitrogens is 1. The number of aldehydes is 1. The van der Waals surface area contributed by atoms with Crippen LogP contribution in [0.15, 0.2) is 42.6 Å². The molecule has 1 saturated heterocycles. The zero-order valence-electron chi connectivity index (χ0n) is 14.1. The molecular weight excluding hydrogens is 347 g/mol. The first-order valence-electron chi connectivity index (χ1n) is 8.14. The fraction of sp³-hybridized carbons (Fsp3) is 0.333. The number of carbonyl (C=O) groups is 1. The first-order valence-corrected chi connectivity index (χ1v) is 8.14. The van der Waals surface area contributed by atoms with Crippen molar-refractivity contribution in [3.8, 4) is 5.75 Å². The maximum Gasteiger partial charge on any atom is 0.573 e. The van der Waals surface area contributed by atoms with Crippen LogP contribution in [0.4, 0.5) is 24.7 Å². The maximum absolute atomic E-state index is 12.2. The molecule has 1 aliphatic heterocycles. The Labute approximate surface area is 149 Å². The SMILES string of the molecule is CC1CN(c2ccc(C=O)cn2)CCN1c1ccc(OC(F)(F)F)cc1. The van der Waals surface area contributed by atoms with Crippen molar-refractivity contribution in [2.45, 2.75) is 19.3 Å². The molecule has 2 aromatic rings. The fourth-order valence-electron chi connectivity index (χ4n) is 3.04. The fourth-order valence-corrected chi connectivity index (χ4v) is 3.04. The van der Waals surface area contributed by atoms with Crippen molar-refractivity contribution in [2.75, 3.05) is 29.4 Å². The zero-order chi connectivity index (χ0) is 18.7. The van der Waals surface area contributed by atoms with E-state index in [1.165, 1.54) is 12.1 Å². The van der Waals surface area contributed by atoms with E-state index in [1.807, 2.05) is 13.0 Å². The molecule has 1 aromatic heterocycles. The van der Waals surface area contributed by atoms with Gasteiger partial charge in [0.25, 0.3) is 0 Å². The summed E-state index contributed by atoms with van der Waals surface area (Å²) in [4.78, 5) is 19.3. The molecule has 3 rings (SSSR count). The van der Waals surface area contributed by atoms with E-state index in [9.17, 15) is 18.0 Å². The Kier molecular flexibility index (Phi) is 5.01. The van der Waals surface area contributed by atoms with Crippen molar-refractivity contribution in [1.82, 2.24) is 4.98 Å². The van der Waals surface area contributed by atoms with Crippen LogP contribution < -0.4 is 14.5 Å². The minimum atomic E-state index is -4.69. The highest BCUT2D eigenvalue weighted by Crippen LogP contribution is 2.28. The lowest BCUT2D eigenvalue weighted by atomic mass is 10.1. The number of benzene rings is 1. The average Bonchev–Trinajstić information content (AvgIpc) is 2.61. The predicted molar refractivity (Wildman–Crippen MR) is 91.8 cm³/mol. The largest absolute Gasteiger partial charge is 0.573 e. The van der Waals surface area contributed by atoms with Crippen LogP contribution in [-0.4, -0.2) is 43.3 Å². The Balaban J connectivity index is 1.65. The summed E-state index contributed by atoms with van der Waals surface area (Å²) in [6.07, 6.45) is -2.39.